The zero-order valence-electron chi connectivity index (χ0n) is 20.8. The van der Waals surface area contributed by atoms with Gasteiger partial charge in [0.2, 0.25) is 17.7 Å². The molecule has 2 aromatic rings. The molecule has 0 aromatic heterocycles. The Morgan fingerprint density at radius 1 is 1.11 bits per heavy atom. The molecule has 5 rings (SSSR count). The first-order chi connectivity index (χ1) is 17.8. The number of likely N-dealkylation sites (tertiary alicyclic amines) is 1. The van der Waals surface area contributed by atoms with Gasteiger partial charge in [0, 0.05) is 16.6 Å². The molecule has 2 aromatic carbocycles. The van der Waals surface area contributed by atoms with Gasteiger partial charge < -0.3 is 25.4 Å². The van der Waals surface area contributed by atoms with Crippen LogP contribution in [0.4, 0.5) is 5.69 Å². The van der Waals surface area contributed by atoms with Crippen molar-refractivity contribution in [2.75, 3.05) is 11.9 Å². The third kappa shape index (κ3) is 4.47. The van der Waals surface area contributed by atoms with Crippen molar-refractivity contribution in [1.82, 2.24) is 10.2 Å². The SMILES string of the molecule is CC(C)NC(=O)C1N([C@@H](CO)Cc2ccccc2)C(=O)[C@@H]2[C@@H](C(=O)Nc3ccccc3)[C@@H]3OC12CC3Br. The van der Waals surface area contributed by atoms with Gasteiger partial charge >= 0.3 is 0 Å². The smallest absolute Gasteiger partial charge is 0.246 e. The Bertz CT molecular complexity index is 1160. The summed E-state index contributed by atoms with van der Waals surface area (Å²) in [4.78, 5) is 42.8. The Hall–Kier alpha value is -2.75. The highest BCUT2D eigenvalue weighted by Gasteiger charge is 2.77. The molecule has 3 aliphatic rings. The van der Waals surface area contributed by atoms with E-state index in [-0.39, 0.29) is 35.2 Å². The first-order valence-electron chi connectivity index (χ1n) is 12.7. The number of nitrogens with one attached hydrogen (secondary N) is 2. The third-order valence-corrected chi connectivity index (χ3v) is 8.51. The fourth-order valence-electron chi connectivity index (χ4n) is 6.31. The summed E-state index contributed by atoms with van der Waals surface area (Å²) in [5, 5.41) is 16.3. The Labute approximate surface area is 224 Å². The number of anilines is 1. The minimum Gasteiger partial charge on any atom is -0.394 e. The second kappa shape index (κ2) is 10.2. The van der Waals surface area contributed by atoms with Crippen molar-refractivity contribution in [1.29, 1.82) is 0 Å². The zero-order valence-corrected chi connectivity index (χ0v) is 22.4. The van der Waals surface area contributed by atoms with Crippen molar-refractivity contribution >= 4 is 39.3 Å². The summed E-state index contributed by atoms with van der Waals surface area (Å²) in [6, 6.07) is 16.9. The van der Waals surface area contributed by atoms with Crippen LogP contribution in [0, 0.1) is 11.8 Å². The molecule has 1 spiro atoms. The minimum absolute atomic E-state index is 0.155. The Morgan fingerprint density at radius 3 is 2.38 bits per heavy atom. The summed E-state index contributed by atoms with van der Waals surface area (Å²) in [7, 11) is 0. The molecule has 0 saturated carbocycles. The largest absolute Gasteiger partial charge is 0.394 e. The fraction of sp³-hybridized carbons (Fsp3) is 0.464. The highest BCUT2D eigenvalue weighted by atomic mass is 79.9. The number of fused-ring (bicyclic) bond motifs is 1. The third-order valence-electron chi connectivity index (χ3n) is 7.67. The summed E-state index contributed by atoms with van der Waals surface area (Å²) in [6.07, 6.45) is 0.245. The lowest BCUT2D eigenvalue weighted by molar-refractivity contribution is -0.145. The highest BCUT2D eigenvalue weighted by molar-refractivity contribution is 9.09. The Morgan fingerprint density at radius 2 is 1.76 bits per heavy atom. The number of carbonyl (C=O) groups excluding carboxylic acids is 3. The van der Waals surface area contributed by atoms with Crippen LogP contribution in [-0.2, 0) is 25.5 Å². The maximum Gasteiger partial charge on any atom is 0.246 e. The van der Waals surface area contributed by atoms with E-state index in [0.29, 0.717) is 18.5 Å². The predicted octanol–water partition coefficient (Wildman–Crippen LogP) is 2.50. The number of aliphatic hydroxyl groups excluding tert-OH is 1. The van der Waals surface area contributed by atoms with Crippen LogP contribution in [0.15, 0.2) is 60.7 Å². The molecular formula is C28H32BrN3O5. The maximum absolute atomic E-state index is 14.2. The summed E-state index contributed by atoms with van der Waals surface area (Å²) >= 11 is 3.68. The van der Waals surface area contributed by atoms with Crippen LogP contribution in [0.25, 0.3) is 0 Å². The molecular weight excluding hydrogens is 538 g/mol. The van der Waals surface area contributed by atoms with Crippen molar-refractivity contribution in [2.24, 2.45) is 11.8 Å². The van der Waals surface area contributed by atoms with E-state index in [2.05, 4.69) is 26.6 Å². The molecule has 3 unspecified atom stereocenters. The first kappa shape index (κ1) is 25.9. The molecule has 3 N–H and O–H groups in total. The molecule has 8 nitrogen and oxygen atoms in total. The average molecular weight is 570 g/mol. The second-order valence-electron chi connectivity index (χ2n) is 10.5. The van der Waals surface area contributed by atoms with E-state index in [1.807, 2.05) is 62.4 Å². The van der Waals surface area contributed by atoms with E-state index in [1.54, 1.807) is 12.1 Å². The molecule has 3 amide bonds. The van der Waals surface area contributed by atoms with Crippen LogP contribution in [-0.4, -0.2) is 69.0 Å². The molecule has 0 aliphatic carbocycles. The van der Waals surface area contributed by atoms with Crippen LogP contribution in [0.5, 0.6) is 0 Å². The Balaban J connectivity index is 1.53. The summed E-state index contributed by atoms with van der Waals surface area (Å²) in [5.41, 5.74) is 0.399. The molecule has 7 atom stereocenters. The van der Waals surface area contributed by atoms with Gasteiger partial charge in [-0.15, -0.1) is 0 Å². The van der Waals surface area contributed by atoms with Crippen LogP contribution in [0.3, 0.4) is 0 Å². The van der Waals surface area contributed by atoms with Crippen molar-refractivity contribution in [2.45, 2.75) is 61.3 Å². The standard InChI is InChI=1S/C28H32BrN3O5/c1-16(2)30-26(35)24-28-14-20(29)23(37-28)21(25(34)31-18-11-7-4-8-12-18)22(28)27(36)32(24)19(15-33)13-17-9-5-3-6-10-17/h3-12,16,19-24,33H,13-15H2,1-2H3,(H,30,35)(H,31,34)/t19-,20?,21-,22+,23-,24?,28?/m1/s1. The molecule has 0 radical (unpaired) electrons. The van der Waals surface area contributed by atoms with E-state index < -0.39 is 35.6 Å². The lowest BCUT2D eigenvalue weighted by atomic mass is 9.70. The van der Waals surface area contributed by atoms with Gasteiger partial charge in [-0.25, -0.2) is 0 Å². The van der Waals surface area contributed by atoms with Gasteiger partial charge in [0.25, 0.3) is 0 Å². The second-order valence-corrected chi connectivity index (χ2v) is 11.6. The van der Waals surface area contributed by atoms with E-state index in [0.717, 1.165) is 5.56 Å². The number of nitrogens with zero attached hydrogens (tertiary/aromatic N) is 1. The first-order valence-corrected chi connectivity index (χ1v) is 13.6. The van der Waals surface area contributed by atoms with Crippen molar-refractivity contribution < 1.29 is 24.2 Å². The van der Waals surface area contributed by atoms with E-state index in [1.165, 1.54) is 4.90 Å². The monoisotopic (exact) mass is 569 g/mol. The van der Waals surface area contributed by atoms with Crippen LogP contribution in [0.2, 0.25) is 0 Å². The van der Waals surface area contributed by atoms with Crippen molar-refractivity contribution in [3.05, 3.63) is 66.2 Å². The van der Waals surface area contributed by atoms with Gasteiger partial charge in [-0.3, -0.25) is 14.4 Å². The number of benzene rings is 2. The van der Waals surface area contributed by atoms with Gasteiger partial charge in [0.1, 0.15) is 11.6 Å². The molecule has 37 heavy (non-hydrogen) atoms. The van der Waals surface area contributed by atoms with E-state index in [9.17, 15) is 19.5 Å². The molecule has 196 valence electrons. The number of alkyl halides is 1. The fourth-order valence-corrected chi connectivity index (χ4v) is 7.25. The highest BCUT2D eigenvalue weighted by Crippen LogP contribution is 2.60. The summed E-state index contributed by atoms with van der Waals surface area (Å²) < 4.78 is 6.52. The van der Waals surface area contributed by atoms with Crippen molar-refractivity contribution in [3.8, 4) is 0 Å². The zero-order chi connectivity index (χ0) is 26.3. The Kier molecular flexibility index (Phi) is 7.13. The molecule has 3 heterocycles. The van der Waals surface area contributed by atoms with Crippen LogP contribution >= 0.6 is 15.9 Å². The lowest BCUT2D eigenvalue weighted by Crippen LogP contribution is -2.59. The van der Waals surface area contributed by atoms with E-state index in [4.69, 9.17) is 4.74 Å². The lowest BCUT2D eigenvalue weighted by Gasteiger charge is -2.37. The summed E-state index contributed by atoms with van der Waals surface area (Å²) in [6.45, 7) is 3.40. The summed E-state index contributed by atoms with van der Waals surface area (Å²) in [5.74, 6) is -2.58. The number of halogens is 1. The topological polar surface area (TPSA) is 108 Å². The number of hydrogen-bond donors (Lipinski definition) is 3. The maximum atomic E-state index is 14.2. The van der Waals surface area contributed by atoms with Crippen LogP contribution in [0.1, 0.15) is 25.8 Å². The minimum atomic E-state index is -1.17. The van der Waals surface area contributed by atoms with Gasteiger partial charge in [-0.2, -0.15) is 0 Å². The van der Waals surface area contributed by atoms with Crippen molar-refractivity contribution in [3.63, 3.8) is 0 Å². The van der Waals surface area contributed by atoms with Crippen LogP contribution < -0.4 is 10.6 Å². The number of carbonyl (C=O) groups is 3. The van der Waals surface area contributed by atoms with E-state index >= 15 is 0 Å². The number of para-hydroxylation sites is 1. The van der Waals surface area contributed by atoms with Gasteiger partial charge in [-0.05, 0) is 44.4 Å². The molecule has 3 aliphatic heterocycles. The number of aliphatic hydroxyl groups is 1. The van der Waals surface area contributed by atoms with Gasteiger partial charge in [-0.1, -0.05) is 64.5 Å². The van der Waals surface area contributed by atoms with Gasteiger partial charge in [0.15, 0.2) is 0 Å². The van der Waals surface area contributed by atoms with Gasteiger partial charge in [0.05, 0.1) is 30.6 Å². The number of hydrogen-bond acceptors (Lipinski definition) is 5. The number of rotatable bonds is 8. The quantitative estimate of drug-likeness (QED) is 0.423. The number of ether oxygens (including phenoxy) is 1. The predicted molar refractivity (Wildman–Crippen MR) is 142 cm³/mol. The normalized spacial score (nSPS) is 30.9. The molecule has 9 heteroatoms. The molecule has 3 fully saturated rings. The average Bonchev–Trinajstić information content (AvgIpc) is 3.46. The molecule has 2 bridgehead atoms. The number of amides is 3. The molecule has 3 saturated heterocycles.